The molecule has 0 saturated heterocycles. The van der Waals surface area contributed by atoms with Gasteiger partial charge in [0.05, 0.1) is 17.6 Å². The third kappa shape index (κ3) is 3.43. The van der Waals surface area contributed by atoms with Crippen LogP contribution in [-0.2, 0) is 4.79 Å². The molecule has 0 saturated carbocycles. The number of anilines is 1. The highest BCUT2D eigenvalue weighted by molar-refractivity contribution is 5.95. The van der Waals surface area contributed by atoms with E-state index in [0.717, 1.165) is 11.1 Å². The van der Waals surface area contributed by atoms with Crippen molar-refractivity contribution in [2.24, 2.45) is 0 Å². The Balaban J connectivity index is 1.60. The van der Waals surface area contributed by atoms with E-state index in [9.17, 15) is 13.6 Å². The van der Waals surface area contributed by atoms with Crippen molar-refractivity contribution in [1.29, 1.82) is 0 Å². The summed E-state index contributed by atoms with van der Waals surface area (Å²) in [6.45, 7) is 1.83. The van der Waals surface area contributed by atoms with Gasteiger partial charge in [-0.2, -0.15) is 14.9 Å². The van der Waals surface area contributed by atoms with E-state index in [1.165, 1.54) is 35.1 Å². The van der Waals surface area contributed by atoms with E-state index >= 15 is 0 Å². The van der Waals surface area contributed by atoms with E-state index in [1.54, 1.807) is 24.3 Å². The third-order valence-electron chi connectivity index (χ3n) is 5.25. The highest BCUT2D eigenvalue weighted by atomic mass is 19.1. The molecule has 1 N–H and O–H groups in total. The topological polar surface area (TPSA) is 85.6 Å². The maximum absolute atomic E-state index is 13.4. The van der Waals surface area contributed by atoms with Gasteiger partial charge in [-0.3, -0.25) is 4.79 Å². The van der Waals surface area contributed by atoms with E-state index in [1.807, 2.05) is 6.92 Å². The molecule has 1 aliphatic heterocycles. The number of carbonyl (C=O) groups excluding carboxylic acids is 1. The zero-order valence-corrected chi connectivity index (χ0v) is 16.4. The van der Waals surface area contributed by atoms with Crippen LogP contribution < -0.4 is 5.32 Å². The minimum absolute atomic E-state index is 0.172. The van der Waals surface area contributed by atoms with Crippen molar-refractivity contribution >= 4 is 11.7 Å². The molecule has 31 heavy (non-hydrogen) atoms. The molecule has 1 aliphatic rings. The van der Waals surface area contributed by atoms with Crippen molar-refractivity contribution in [3.63, 3.8) is 0 Å². The van der Waals surface area contributed by atoms with Crippen molar-refractivity contribution in [3.05, 3.63) is 83.2 Å². The Morgan fingerprint density at radius 2 is 1.71 bits per heavy atom. The molecule has 0 bridgehead atoms. The van der Waals surface area contributed by atoms with Gasteiger partial charge in [-0.15, -0.1) is 5.10 Å². The summed E-state index contributed by atoms with van der Waals surface area (Å²) in [5, 5.41) is 15.5. The Kier molecular flexibility index (Phi) is 4.50. The number of aromatic nitrogens is 5. The highest BCUT2D eigenvalue weighted by Crippen LogP contribution is 2.39. The number of nitrogens with zero attached hydrogens (tertiary/aromatic N) is 5. The van der Waals surface area contributed by atoms with Crippen LogP contribution in [0.2, 0.25) is 0 Å². The first-order valence-electron chi connectivity index (χ1n) is 9.60. The van der Waals surface area contributed by atoms with Crippen LogP contribution in [-0.4, -0.2) is 30.9 Å². The molecule has 0 radical (unpaired) electrons. The van der Waals surface area contributed by atoms with Crippen molar-refractivity contribution in [2.45, 2.75) is 19.3 Å². The fraction of sp³-hybridized carbons (Fsp3) is 0.136. The molecule has 1 atom stereocenters. The highest BCUT2D eigenvalue weighted by Gasteiger charge is 2.33. The molecule has 0 aliphatic carbocycles. The molecule has 0 spiro atoms. The van der Waals surface area contributed by atoms with Crippen LogP contribution in [0.3, 0.4) is 0 Å². The van der Waals surface area contributed by atoms with Crippen molar-refractivity contribution in [3.8, 4) is 17.2 Å². The molecule has 7 nitrogen and oxygen atoms in total. The number of halogens is 2. The Bertz CT molecular complexity index is 1280. The Morgan fingerprint density at radius 3 is 2.42 bits per heavy atom. The second-order valence-electron chi connectivity index (χ2n) is 7.26. The summed E-state index contributed by atoms with van der Waals surface area (Å²) in [6, 6.07) is 12.0. The molecular formula is C22H16F2N6O. The summed E-state index contributed by atoms with van der Waals surface area (Å²) in [5.74, 6) is -0.518. The van der Waals surface area contributed by atoms with Gasteiger partial charge in [-0.05, 0) is 48.9 Å². The number of benzene rings is 2. The monoisotopic (exact) mass is 418 g/mol. The maximum atomic E-state index is 13.4. The van der Waals surface area contributed by atoms with Crippen molar-refractivity contribution < 1.29 is 13.6 Å². The van der Waals surface area contributed by atoms with Crippen molar-refractivity contribution in [2.75, 3.05) is 5.32 Å². The lowest BCUT2D eigenvalue weighted by Gasteiger charge is -2.24. The first kappa shape index (κ1) is 19.0. The largest absolute Gasteiger partial charge is 0.310 e. The fourth-order valence-corrected chi connectivity index (χ4v) is 3.82. The number of aryl methyl sites for hydroxylation is 1. The molecule has 1 unspecified atom stereocenters. The number of fused-ring (bicyclic) bond motifs is 1. The second kappa shape index (κ2) is 7.35. The number of hydrogen-bond acceptors (Lipinski definition) is 5. The fourth-order valence-electron chi connectivity index (χ4n) is 3.82. The van der Waals surface area contributed by atoms with Crippen molar-refractivity contribution in [1.82, 2.24) is 25.0 Å². The normalized spacial score (nSPS) is 15.5. The van der Waals surface area contributed by atoms with Crippen LogP contribution in [0.15, 0.2) is 54.7 Å². The number of carbonyl (C=O) groups is 1. The van der Waals surface area contributed by atoms with Crippen LogP contribution >= 0.6 is 0 Å². The molecule has 0 fully saturated rings. The van der Waals surface area contributed by atoms with E-state index in [4.69, 9.17) is 0 Å². The summed E-state index contributed by atoms with van der Waals surface area (Å²) in [7, 11) is 0. The van der Waals surface area contributed by atoms with E-state index in [-0.39, 0.29) is 35.8 Å². The lowest BCUT2D eigenvalue weighted by Crippen LogP contribution is -2.25. The minimum Gasteiger partial charge on any atom is -0.310 e. The second-order valence-corrected chi connectivity index (χ2v) is 7.26. The molecule has 5 rings (SSSR count). The average molecular weight is 418 g/mol. The lowest BCUT2D eigenvalue weighted by atomic mass is 9.86. The number of amides is 1. The summed E-state index contributed by atoms with van der Waals surface area (Å²) in [4.78, 5) is 17.0. The summed E-state index contributed by atoms with van der Waals surface area (Å²) in [5.41, 5.74) is 3.49. The summed E-state index contributed by atoms with van der Waals surface area (Å²) in [6.07, 6.45) is 1.69. The average Bonchev–Trinajstić information content (AvgIpc) is 3.10. The van der Waals surface area contributed by atoms with Gasteiger partial charge >= 0.3 is 0 Å². The van der Waals surface area contributed by atoms with E-state index < -0.39 is 0 Å². The Hall–Kier alpha value is -4.01. The molecule has 2 aromatic heterocycles. The lowest BCUT2D eigenvalue weighted by molar-refractivity contribution is -0.116. The first-order valence-corrected chi connectivity index (χ1v) is 9.60. The smallest absolute Gasteiger partial charge is 0.272 e. The molecule has 3 heterocycles. The standard InChI is InChI=1S/C22H16F2N6O/c1-12-20-17(13-2-6-15(23)7-3-13)10-19(31)27-21(20)30(29-12)22-26-18(11-25-28-22)14-4-8-16(24)9-5-14/h2-9,11,17H,10H2,1H3,(H,27,31). The van der Waals surface area contributed by atoms with Gasteiger partial charge in [-0.25, -0.2) is 13.8 Å². The molecule has 9 heteroatoms. The Morgan fingerprint density at radius 1 is 1.03 bits per heavy atom. The van der Waals surface area contributed by atoms with Gasteiger partial charge in [0, 0.05) is 23.5 Å². The predicted molar refractivity (Wildman–Crippen MR) is 109 cm³/mol. The van der Waals surface area contributed by atoms with Gasteiger partial charge in [0.15, 0.2) is 0 Å². The number of nitrogens with one attached hydrogen (secondary N) is 1. The summed E-state index contributed by atoms with van der Waals surface area (Å²) >= 11 is 0. The third-order valence-corrected chi connectivity index (χ3v) is 5.25. The van der Waals surface area contributed by atoms with Crippen LogP contribution in [0.5, 0.6) is 0 Å². The van der Waals surface area contributed by atoms with Crippen LogP contribution in [0, 0.1) is 18.6 Å². The first-order chi connectivity index (χ1) is 15.0. The van der Waals surface area contributed by atoms with E-state index in [2.05, 4.69) is 25.6 Å². The molecule has 1 amide bonds. The van der Waals surface area contributed by atoms with Gasteiger partial charge < -0.3 is 5.32 Å². The zero-order valence-electron chi connectivity index (χ0n) is 16.4. The molecule has 154 valence electrons. The Labute approximate surface area is 175 Å². The predicted octanol–water partition coefficient (Wildman–Crippen LogP) is 3.79. The van der Waals surface area contributed by atoms with E-state index in [0.29, 0.717) is 22.8 Å². The SMILES string of the molecule is Cc1nn(-c2nncc(-c3ccc(F)cc3)n2)c2c1C(c1ccc(F)cc1)CC(=O)N2. The van der Waals surface area contributed by atoms with Crippen LogP contribution in [0.1, 0.15) is 29.2 Å². The van der Waals surface area contributed by atoms with Gasteiger partial charge in [0.1, 0.15) is 17.5 Å². The quantitative estimate of drug-likeness (QED) is 0.547. The molecule has 2 aromatic carbocycles. The minimum atomic E-state index is -0.350. The van der Waals surface area contributed by atoms with Gasteiger partial charge in [0.25, 0.3) is 5.95 Å². The number of hydrogen-bond donors (Lipinski definition) is 1. The number of rotatable bonds is 3. The van der Waals surface area contributed by atoms with Gasteiger partial charge in [-0.1, -0.05) is 12.1 Å². The zero-order chi connectivity index (χ0) is 21.5. The van der Waals surface area contributed by atoms with Gasteiger partial charge in [0.2, 0.25) is 5.91 Å². The molecule has 4 aromatic rings. The van der Waals surface area contributed by atoms with Crippen LogP contribution in [0.4, 0.5) is 14.6 Å². The maximum Gasteiger partial charge on any atom is 0.272 e. The molecular weight excluding hydrogens is 402 g/mol. The summed E-state index contributed by atoms with van der Waals surface area (Å²) < 4.78 is 28.1. The van der Waals surface area contributed by atoms with Crippen LogP contribution in [0.25, 0.3) is 17.2 Å².